The highest BCUT2D eigenvalue weighted by atomic mass is 35.5. The molecule has 8 nitrogen and oxygen atoms in total. The SMILES string of the molecule is Cl.O=S(=O)(c1ccc(-c2ccn[nH]2)o1)N1CC2CNCC2(CO)C1. The quantitative estimate of drug-likeness (QED) is 0.709. The zero-order valence-electron chi connectivity index (χ0n) is 12.8. The first-order valence-electron chi connectivity index (χ1n) is 7.46. The zero-order valence-corrected chi connectivity index (χ0v) is 14.4. The number of nitrogens with zero attached hydrogens (tertiary/aromatic N) is 2. The van der Waals surface area contributed by atoms with E-state index in [9.17, 15) is 13.5 Å². The van der Waals surface area contributed by atoms with Gasteiger partial charge >= 0.3 is 0 Å². The van der Waals surface area contributed by atoms with Crippen LogP contribution in [0.25, 0.3) is 11.5 Å². The van der Waals surface area contributed by atoms with E-state index in [1.54, 1.807) is 18.3 Å². The van der Waals surface area contributed by atoms with Gasteiger partial charge in [0.2, 0.25) is 5.09 Å². The molecule has 3 N–H and O–H groups in total. The molecule has 4 heterocycles. The van der Waals surface area contributed by atoms with Gasteiger partial charge < -0.3 is 14.8 Å². The highest BCUT2D eigenvalue weighted by Gasteiger charge is 2.52. The molecule has 10 heteroatoms. The first-order chi connectivity index (χ1) is 11.0. The molecule has 4 rings (SSSR count). The van der Waals surface area contributed by atoms with Crippen molar-refractivity contribution in [2.24, 2.45) is 11.3 Å². The summed E-state index contributed by atoms with van der Waals surface area (Å²) in [6, 6.07) is 4.78. The van der Waals surface area contributed by atoms with Gasteiger partial charge in [-0.2, -0.15) is 9.40 Å². The lowest BCUT2D eigenvalue weighted by molar-refractivity contribution is 0.130. The van der Waals surface area contributed by atoms with Gasteiger partial charge in [0.1, 0.15) is 5.69 Å². The molecule has 2 aromatic heterocycles. The summed E-state index contributed by atoms with van der Waals surface area (Å²) in [4.78, 5) is 0. The molecule has 0 aromatic carbocycles. The number of nitrogens with one attached hydrogen (secondary N) is 2. The number of furan rings is 1. The minimum atomic E-state index is -3.71. The molecule has 0 bridgehead atoms. The van der Waals surface area contributed by atoms with Gasteiger partial charge in [-0.25, -0.2) is 8.42 Å². The molecule has 0 aliphatic carbocycles. The van der Waals surface area contributed by atoms with E-state index in [1.807, 2.05) is 0 Å². The van der Waals surface area contributed by atoms with E-state index in [2.05, 4.69) is 15.5 Å². The highest BCUT2D eigenvalue weighted by Crippen LogP contribution is 2.41. The van der Waals surface area contributed by atoms with E-state index in [0.29, 0.717) is 31.1 Å². The van der Waals surface area contributed by atoms with Crippen molar-refractivity contribution in [1.29, 1.82) is 0 Å². The minimum Gasteiger partial charge on any atom is -0.442 e. The molecule has 2 aliphatic heterocycles. The molecule has 0 radical (unpaired) electrons. The second-order valence-corrected chi connectivity index (χ2v) is 8.10. The highest BCUT2D eigenvalue weighted by molar-refractivity contribution is 7.89. The summed E-state index contributed by atoms with van der Waals surface area (Å²) in [7, 11) is -3.71. The van der Waals surface area contributed by atoms with Gasteiger partial charge in [0.25, 0.3) is 10.0 Å². The van der Waals surface area contributed by atoms with Crippen LogP contribution < -0.4 is 5.32 Å². The summed E-state index contributed by atoms with van der Waals surface area (Å²) in [5.74, 6) is 0.559. The van der Waals surface area contributed by atoms with E-state index >= 15 is 0 Å². The molecule has 132 valence electrons. The van der Waals surface area contributed by atoms with Crippen LogP contribution in [0.4, 0.5) is 0 Å². The van der Waals surface area contributed by atoms with Crippen LogP contribution in [0.2, 0.25) is 0 Å². The minimum absolute atomic E-state index is 0. The summed E-state index contributed by atoms with van der Waals surface area (Å²) in [5.41, 5.74) is 0.243. The molecule has 2 aromatic rings. The van der Waals surface area contributed by atoms with Crippen molar-refractivity contribution >= 4 is 22.4 Å². The number of sulfonamides is 1. The Morgan fingerprint density at radius 3 is 2.92 bits per heavy atom. The van der Waals surface area contributed by atoms with Crippen molar-refractivity contribution < 1.29 is 17.9 Å². The second-order valence-electron chi connectivity index (χ2n) is 6.23. The van der Waals surface area contributed by atoms with Gasteiger partial charge in [-0.15, -0.1) is 12.4 Å². The van der Waals surface area contributed by atoms with Crippen LogP contribution in [0.5, 0.6) is 0 Å². The van der Waals surface area contributed by atoms with Gasteiger partial charge in [-0.05, 0) is 30.7 Å². The van der Waals surface area contributed by atoms with E-state index < -0.39 is 10.0 Å². The van der Waals surface area contributed by atoms with E-state index in [0.717, 1.165) is 6.54 Å². The molecule has 2 aliphatic rings. The summed E-state index contributed by atoms with van der Waals surface area (Å²) < 4.78 is 32.6. The lowest BCUT2D eigenvalue weighted by atomic mass is 9.82. The molecule has 24 heavy (non-hydrogen) atoms. The first kappa shape index (κ1) is 17.4. The number of H-pyrrole nitrogens is 1. The first-order valence-corrected chi connectivity index (χ1v) is 8.90. The molecule has 0 amide bonds. The van der Waals surface area contributed by atoms with Gasteiger partial charge in [0.05, 0.1) is 6.61 Å². The van der Waals surface area contributed by atoms with E-state index in [4.69, 9.17) is 4.42 Å². The van der Waals surface area contributed by atoms with Crippen molar-refractivity contribution in [2.45, 2.75) is 5.09 Å². The third kappa shape index (κ3) is 2.56. The maximum absolute atomic E-state index is 12.8. The summed E-state index contributed by atoms with van der Waals surface area (Å²) in [6.07, 6.45) is 1.58. The monoisotopic (exact) mass is 374 g/mol. The molecule has 2 saturated heterocycles. The lowest BCUT2D eigenvalue weighted by Crippen LogP contribution is -2.37. The number of aliphatic hydroxyl groups excluding tert-OH is 1. The Labute approximate surface area is 145 Å². The van der Waals surface area contributed by atoms with Crippen molar-refractivity contribution in [3.8, 4) is 11.5 Å². The van der Waals surface area contributed by atoms with Crippen molar-refractivity contribution in [3.63, 3.8) is 0 Å². The predicted octanol–water partition coefficient (Wildman–Crippen LogP) is 0.294. The van der Waals surface area contributed by atoms with Crippen LogP contribution in [0.15, 0.2) is 33.9 Å². The number of hydrogen-bond acceptors (Lipinski definition) is 6. The topological polar surface area (TPSA) is 111 Å². The average Bonchev–Trinajstić information content (AvgIpc) is 3.28. The summed E-state index contributed by atoms with van der Waals surface area (Å²) >= 11 is 0. The van der Waals surface area contributed by atoms with Crippen molar-refractivity contribution in [2.75, 3.05) is 32.8 Å². The Balaban J connectivity index is 0.00000169. The lowest BCUT2D eigenvalue weighted by Gasteiger charge is -2.24. The smallest absolute Gasteiger partial charge is 0.276 e. The maximum Gasteiger partial charge on any atom is 0.276 e. The predicted molar refractivity (Wildman–Crippen MR) is 88.2 cm³/mol. The molecule has 0 spiro atoms. The number of hydrogen-bond donors (Lipinski definition) is 3. The Morgan fingerprint density at radius 2 is 2.25 bits per heavy atom. The number of fused-ring (bicyclic) bond motifs is 1. The molecular weight excluding hydrogens is 356 g/mol. The van der Waals surface area contributed by atoms with E-state index in [-0.39, 0.29) is 35.4 Å². The van der Waals surface area contributed by atoms with Crippen LogP contribution >= 0.6 is 12.4 Å². The van der Waals surface area contributed by atoms with E-state index in [1.165, 1.54) is 10.4 Å². The van der Waals surface area contributed by atoms with Gasteiger partial charge in [0, 0.05) is 31.2 Å². The van der Waals surface area contributed by atoms with Crippen LogP contribution in [-0.4, -0.2) is 60.8 Å². The second kappa shape index (κ2) is 6.16. The van der Waals surface area contributed by atoms with Crippen molar-refractivity contribution in [1.82, 2.24) is 19.8 Å². The molecule has 2 fully saturated rings. The summed E-state index contributed by atoms with van der Waals surface area (Å²) in [6.45, 7) is 2.05. The number of rotatable bonds is 4. The fourth-order valence-corrected chi connectivity index (χ4v) is 5.00. The third-order valence-electron chi connectivity index (χ3n) is 4.91. The zero-order chi connectivity index (χ0) is 16.1. The fourth-order valence-electron chi connectivity index (χ4n) is 3.50. The van der Waals surface area contributed by atoms with Crippen LogP contribution in [0.1, 0.15) is 0 Å². The Kier molecular flexibility index (Phi) is 4.47. The average molecular weight is 375 g/mol. The molecular formula is C14H19ClN4O4S. The largest absolute Gasteiger partial charge is 0.442 e. The molecule has 0 saturated carbocycles. The maximum atomic E-state index is 12.8. The van der Waals surface area contributed by atoms with Crippen LogP contribution in [0, 0.1) is 11.3 Å². The summed E-state index contributed by atoms with van der Waals surface area (Å²) in [5, 5.41) is 19.4. The van der Waals surface area contributed by atoms with Crippen LogP contribution in [0.3, 0.4) is 0 Å². The fraction of sp³-hybridized carbons (Fsp3) is 0.500. The van der Waals surface area contributed by atoms with Gasteiger partial charge in [-0.1, -0.05) is 0 Å². The normalized spacial score (nSPS) is 27.1. The number of aromatic amines is 1. The molecule has 2 unspecified atom stereocenters. The van der Waals surface area contributed by atoms with Gasteiger partial charge in [-0.3, -0.25) is 5.10 Å². The number of aromatic nitrogens is 2. The third-order valence-corrected chi connectivity index (χ3v) is 6.59. The Bertz CT molecular complexity index is 807. The Morgan fingerprint density at radius 1 is 1.42 bits per heavy atom. The number of halogens is 1. The van der Waals surface area contributed by atoms with Gasteiger partial charge in [0.15, 0.2) is 5.76 Å². The van der Waals surface area contributed by atoms with Crippen LogP contribution in [-0.2, 0) is 10.0 Å². The Hall–Kier alpha value is -1.39. The van der Waals surface area contributed by atoms with Crippen molar-refractivity contribution in [3.05, 3.63) is 24.4 Å². The number of aliphatic hydroxyl groups is 1. The molecule has 2 atom stereocenters. The standard InChI is InChI=1S/C14H18N4O4S.ClH/c19-9-14-7-15-5-10(14)6-18(8-14)23(20,21)13-2-1-12(22-13)11-3-4-16-17-11;/h1-4,10,15,19H,5-9H2,(H,16,17);1H.